The van der Waals surface area contributed by atoms with Crippen LogP contribution in [0.2, 0.25) is 0 Å². The van der Waals surface area contributed by atoms with Gasteiger partial charge < -0.3 is 5.73 Å². The highest BCUT2D eigenvalue weighted by Gasteiger charge is 2.32. The number of nitrogens with two attached hydrogens (primary N) is 1. The highest BCUT2D eigenvalue weighted by molar-refractivity contribution is 5.94. The van der Waals surface area contributed by atoms with E-state index < -0.39 is 17.6 Å². The molecule has 1 saturated carbocycles. The molecule has 0 atom stereocenters. The van der Waals surface area contributed by atoms with Crippen LogP contribution in [-0.4, -0.2) is 55.4 Å². The number of aromatic nitrogens is 5. The molecule has 2 heterocycles. The van der Waals surface area contributed by atoms with Gasteiger partial charge in [0.25, 0.3) is 5.91 Å². The largest absolute Gasteiger partial charge is 0.417 e. The number of carbonyl (C=O) groups excluding carboxylic acids is 1. The lowest BCUT2D eigenvalue weighted by molar-refractivity contribution is -0.137. The summed E-state index contributed by atoms with van der Waals surface area (Å²) in [5.74, 6) is -0.713. The molecule has 3 aromatic rings. The molecular formula is C21H24F3N9O2. The van der Waals surface area contributed by atoms with Gasteiger partial charge in [0.1, 0.15) is 0 Å². The van der Waals surface area contributed by atoms with E-state index in [0.717, 1.165) is 38.0 Å². The Morgan fingerprint density at radius 3 is 2.71 bits per heavy atom. The van der Waals surface area contributed by atoms with Crippen molar-refractivity contribution in [3.8, 4) is 5.82 Å². The van der Waals surface area contributed by atoms with Crippen molar-refractivity contribution in [2.75, 3.05) is 12.8 Å². The van der Waals surface area contributed by atoms with E-state index in [1.807, 2.05) is 7.05 Å². The summed E-state index contributed by atoms with van der Waals surface area (Å²) in [4.78, 5) is 15.0. The van der Waals surface area contributed by atoms with Crippen LogP contribution in [0, 0.1) is 0 Å². The number of benzene rings is 1. The number of nitrogen functional groups attached to an aromatic ring is 1. The number of hydrogen-bond donors (Lipinski definition) is 2. The van der Waals surface area contributed by atoms with Gasteiger partial charge >= 0.3 is 6.18 Å². The topological polar surface area (TPSA) is 140 Å². The van der Waals surface area contributed by atoms with Gasteiger partial charge in [-0.1, -0.05) is 42.7 Å². The number of anilines is 1. The molecule has 0 saturated heterocycles. The lowest BCUT2D eigenvalue weighted by Crippen LogP contribution is -2.34. The number of nitrogens with one attached hydrogen (secondary N) is 1. The highest BCUT2D eigenvalue weighted by atomic mass is 19.4. The lowest BCUT2D eigenvalue weighted by atomic mass is 9.94. The van der Waals surface area contributed by atoms with Crippen molar-refractivity contribution in [1.29, 1.82) is 0 Å². The minimum absolute atomic E-state index is 0.0368. The van der Waals surface area contributed by atoms with Crippen molar-refractivity contribution in [3.63, 3.8) is 0 Å². The van der Waals surface area contributed by atoms with Crippen LogP contribution >= 0.6 is 0 Å². The zero-order valence-electron chi connectivity index (χ0n) is 18.9. The van der Waals surface area contributed by atoms with Crippen LogP contribution in [0.5, 0.6) is 0 Å². The molecule has 4 rings (SSSR count). The Morgan fingerprint density at radius 2 is 2.03 bits per heavy atom. The van der Waals surface area contributed by atoms with E-state index >= 15 is 0 Å². The van der Waals surface area contributed by atoms with E-state index in [9.17, 15) is 18.0 Å². The summed E-state index contributed by atoms with van der Waals surface area (Å²) in [6.45, 7) is 0.285. The molecule has 186 valence electrons. The maximum atomic E-state index is 13.2. The molecule has 0 unspecified atom stereocenters. The van der Waals surface area contributed by atoms with Crippen molar-refractivity contribution < 1.29 is 22.6 Å². The fraction of sp³-hybridized carbons (Fsp3) is 0.429. The van der Waals surface area contributed by atoms with E-state index in [-0.39, 0.29) is 29.4 Å². The molecule has 1 fully saturated rings. The lowest BCUT2D eigenvalue weighted by Gasteiger charge is -2.31. The third-order valence-corrected chi connectivity index (χ3v) is 5.91. The van der Waals surface area contributed by atoms with Crippen molar-refractivity contribution in [2.24, 2.45) is 5.10 Å². The average Bonchev–Trinajstić information content (AvgIpc) is 3.44. The normalized spacial score (nSPS) is 15.2. The van der Waals surface area contributed by atoms with E-state index in [2.05, 4.69) is 40.7 Å². The summed E-state index contributed by atoms with van der Waals surface area (Å²) in [7, 11) is 1.94. The maximum Gasteiger partial charge on any atom is 0.417 e. The number of hydrogen-bond acceptors (Lipinski definition) is 9. The second-order valence-electron chi connectivity index (χ2n) is 8.26. The standard InChI is InChI=1S/C21H24F3N9O2/c1-32(14-8-3-2-4-9-14)12-16-17(27-31-33(16)19-18(25)29-35-30-19)20(34)28-26-11-13-7-5-6-10-15(13)21(22,23)24/h5-7,10-11,14H,2-4,8-9,12H2,1H3,(H2,25,29)(H,28,34)/b26-11+. The Hall–Kier alpha value is -3.81. The second kappa shape index (κ2) is 10.2. The molecule has 3 N–H and O–H groups in total. The van der Waals surface area contributed by atoms with Gasteiger partial charge in [0.15, 0.2) is 5.69 Å². The Kier molecular flexibility index (Phi) is 7.10. The molecule has 11 nitrogen and oxygen atoms in total. The molecule has 14 heteroatoms. The van der Waals surface area contributed by atoms with Gasteiger partial charge in [0, 0.05) is 18.2 Å². The monoisotopic (exact) mass is 491 g/mol. The molecule has 1 amide bonds. The zero-order chi connectivity index (χ0) is 25.0. The summed E-state index contributed by atoms with van der Waals surface area (Å²) in [5.41, 5.74) is 7.27. The van der Waals surface area contributed by atoms with Crippen molar-refractivity contribution in [3.05, 3.63) is 46.8 Å². The first-order valence-corrected chi connectivity index (χ1v) is 11.0. The van der Waals surface area contributed by atoms with Gasteiger partial charge in [0.2, 0.25) is 11.6 Å². The van der Waals surface area contributed by atoms with Crippen LogP contribution in [-0.2, 0) is 12.7 Å². The molecule has 1 aliphatic rings. The van der Waals surface area contributed by atoms with E-state index in [0.29, 0.717) is 11.7 Å². The number of carbonyl (C=O) groups is 1. The van der Waals surface area contributed by atoms with Crippen molar-refractivity contribution >= 4 is 17.9 Å². The third-order valence-electron chi connectivity index (χ3n) is 5.91. The number of rotatable bonds is 7. The Balaban J connectivity index is 1.58. The third kappa shape index (κ3) is 5.48. The molecule has 1 aromatic carbocycles. The summed E-state index contributed by atoms with van der Waals surface area (Å²) < 4.78 is 45.5. The quantitative estimate of drug-likeness (QED) is 0.380. The highest BCUT2D eigenvalue weighted by Crippen LogP contribution is 2.31. The van der Waals surface area contributed by atoms with Gasteiger partial charge in [-0.05, 0) is 36.3 Å². The first-order chi connectivity index (χ1) is 16.8. The van der Waals surface area contributed by atoms with Gasteiger partial charge in [-0.2, -0.15) is 23.0 Å². The zero-order valence-corrected chi connectivity index (χ0v) is 18.9. The first-order valence-electron chi connectivity index (χ1n) is 11.0. The van der Waals surface area contributed by atoms with Crippen molar-refractivity contribution in [2.45, 2.75) is 50.9 Å². The molecule has 2 aromatic heterocycles. The molecule has 0 radical (unpaired) electrons. The average molecular weight is 491 g/mol. The van der Waals surface area contributed by atoms with Gasteiger partial charge in [-0.3, -0.25) is 9.69 Å². The molecule has 0 aliphatic heterocycles. The number of halogens is 3. The van der Waals surface area contributed by atoms with Crippen LogP contribution in [0.15, 0.2) is 34.0 Å². The van der Waals surface area contributed by atoms with Gasteiger partial charge in [-0.25, -0.2) is 10.1 Å². The molecule has 35 heavy (non-hydrogen) atoms. The number of amides is 1. The fourth-order valence-electron chi connectivity index (χ4n) is 4.10. The summed E-state index contributed by atoms with van der Waals surface area (Å²) in [6, 6.07) is 5.22. The first kappa shape index (κ1) is 24.3. The molecular weight excluding hydrogens is 467 g/mol. The Bertz CT molecular complexity index is 1200. The van der Waals surface area contributed by atoms with Crippen LogP contribution in [0.25, 0.3) is 5.82 Å². The summed E-state index contributed by atoms with van der Waals surface area (Å²) in [6.07, 6.45) is 1.85. The number of nitrogens with zero attached hydrogens (tertiary/aromatic N) is 7. The number of alkyl halides is 3. The summed E-state index contributed by atoms with van der Waals surface area (Å²) >= 11 is 0. The molecule has 0 bridgehead atoms. The van der Waals surface area contributed by atoms with Crippen molar-refractivity contribution in [1.82, 2.24) is 35.6 Å². The Morgan fingerprint density at radius 1 is 1.29 bits per heavy atom. The second-order valence-corrected chi connectivity index (χ2v) is 8.26. The van der Waals surface area contributed by atoms with E-state index in [4.69, 9.17) is 5.73 Å². The minimum Gasteiger partial charge on any atom is -0.378 e. The predicted molar refractivity (Wildman–Crippen MR) is 118 cm³/mol. The summed E-state index contributed by atoms with van der Waals surface area (Å²) in [5, 5.41) is 18.9. The van der Waals surface area contributed by atoms with Crippen LogP contribution < -0.4 is 11.2 Å². The fourth-order valence-corrected chi connectivity index (χ4v) is 4.10. The smallest absolute Gasteiger partial charge is 0.378 e. The maximum absolute atomic E-state index is 13.2. The van der Waals surface area contributed by atoms with Gasteiger partial charge in [-0.15, -0.1) is 5.10 Å². The van der Waals surface area contributed by atoms with Crippen LogP contribution in [0.4, 0.5) is 19.0 Å². The van der Waals surface area contributed by atoms with Crippen LogP contribution in [0.1, 0.15) is 59.4 Å². The SMILES string of the molecule is CN(Cc1c(C(=O)N/N=C/c2ccccc2C(F)(F)F)nnn1-c1nonc1N)C1CCCCC1. The Labute approximate surface area is 198 Å². The van der Waals surface area contributed by atoms with Gasteiger partial charge in [0.05, 0.1) is 17.5 Å². The predicted octanol–water partition coefficient (Wildman–Crippen LogP) is 2.78. The van der Waals surface area contributed by atoms with E-state index in [1.165, 1.54) is 29.3 Å². The number of hydrazone groups is 1. The van der Waals surface area contributed by atoms with E-state index in [1.54, 1.807) is 0 Å². The minimum atomic E-state index is -4.56. The van der Waals surface area contributed by atoms with Crippen LogP contribution in [0.3, 0.4) is 0 Å². The molecule has 1 aliphatic carbocycles. The molecule has 0 spiro atoms.